The minimum absolute atomic E-state index is 0.0812. The lowest BCUT2D eigenvalue weighted by atomic mass is 10.1. The molecule has 0 radical (unpaired) electrons. The number of amides is 1. The second-order valence-corrected chi connectivity index (χ2v) is 11.1. The van der Waals surface area contributed by atoms with E-state index >= 15 is 0 Å². The van der Waals surface area contributed by atoms with Gasteiger partial charge in [-0.2, -0.15) is 0 Å². The number of aromatic nitrogens is 1. The molecule has 2 aliphatic rings. The third-order valence-corrected chi connectivity index (χ3v) is 8.45. The van der Waals surface area contributed by atoms with Crippen molar-refractivity contribution in [2.24, 2.45) is 7.05 Å². The molecule has 0 aliphatic carbocycles. The summed E-state index contributed by atoms with van der Waals surface area (Å²) in [6, 6.07) is 18.3. The highest BCUT2D eigenvalue weighted by atomic mass is 32.2. The molecule has 0 N–H and O–H groups in total. The molecular formula is C29H31N3O2S2. The molecule has 0 saturated carbocycles. The molecule has 3 heterocycles. The molecule has 1 amide bonds. The number of anilines is 1. The quantitative estimate of drug-likeness (QED) is 0.308. The minimum atomic E-state index is -0.102. The molecule has 2 fully saturated rings. The number of carbonyl (C=O) groups is 1. The predicted molar refractivity (Wildman–Crippen MR) is 155 cm³/mol. The molecular weight excluding hydrogens is 486 g/mol. The number of hydrogen-bond donors (Lipinski definition) is 0. The smallest absolute Gasteiger partial charge is 0.266 e. The second kappa shape index (κ2) is 11.0. The van der Waals surface area contributed by atoms with Gasteiger partial charge >= 0.3 is 0 Å². The van der Waals surface area contributed by atoms with Gasteiger partial charge in [0.05, 0.1) is 21.7 Å². The number of fused-ring (bicyclic) bond motifs is 1. The summed E-state index contributed by atoms with van der Waals surface area (Å²) in [5.74, 6) is -0.102. The van der Waals surface area contributed by atoms with Gasteiger partial charge in [-0.3, -0.25) is 14.5 Å². The lowest BCUT2D eigenvalue weighted by Crippen LogP contribution is -2.31. The van der Waals surface area contributed by atoms with Crippen LogP contribution in [-0.2, 0) is 18.3 Å². The molecule has 0 atom stereocenters. The molecule has 2 saturated heterocycles. The normalized spacial score (nSPS) is 17.9. The number of thioether (sulfide) groups is 1. The summed E-state index contributed by atoms with van der Waals surface area (Å²) < 4.78 is 2.26. The van der Waals surface area contributed by atoms with Gasteiger partial charge in [0.15, 0.2) is 0 Å². The van der Waals surface area contributed by atoms with Gasteiger partial charge < -0.3 is 9.47 Å². The van der Waals surface area contributed by atoms with Crippen LogP contribution in [0.5, 0.6) is 0 Å². The molecule has 5 nitrogen and oxygen atoms in total. The molecule has 0 unspecified atom stereocenters. The topological polar surface area (TPSA) is 45.6 Å². The molecule has 36 heavy (non-hydrogen) atoms. The zero-order valence-electron chi connectivity index (χ0n) is 20.6. The Morgan fingerprint density at radius 2 is 1.64 bits per heavy atom. The van der Waals surface area contributed by atoms with Crippen LogP contribution in [0, 0.1) is 0 Å². The van der Waals surface area contributed by atoms with Crippen molar-refractivity contribution in [1.29, 1.82) is 0 Å². The van der Waals surface area contributed by atoms with Crippen molar-refractivity contribution in [3.8, 4) is 0 Å². The Kier molecular flexibility index (Phi) is 7.58. The highest BCUT2D eigenvalue weighted by Gasteiger charge is 2.32. The number of aryl methyl sites for hydroxylation is 2. The highest BCUT2D eigenvalue weighted by molar-refractivity contribution is 8.26. The maximum atomic E-state index is 13.6. The molecule has 2 aromatic carbocycles. The lowest BCUT2D eigenvalue weighted by molar-refractivity contribution is -0.122. The summed E-state index contributed by atoms with van der Waals surface area (Å²) in [6.45, 7) is 2.41. The van der Waals surface area contributed by atoms with E-state index in [1.54, 1.807) is 15.5 Å². The molecule has 2 aliphatic heterocycles. The van der Waals surface area contributed by atoms with Gasteiger partial charge in [-0.1, -0.05) is 85.4 Å². The Labute approximate surface area is 221 Å². The first-order chi connectivity index (χ1) is 17.5. The Bertz CT molecular complexity index is 1370. The van der Waals surface area contributed by atoms with Crippen LogP contribution in [0.4, 0.5) is 5.69 Å². The summed E-state index contributed by atoms with van der Waals surface area (Å²) in [6.07, 6.45) is 8.14. The number of rotatable bonds is 6. The highest BCUT2D eigenvalue weighted by Crippen LogP contribution is 2.36. The molecule has 5 rings (SSSR count). The van der Waals surface area contributed by atoms with Crippen LogP contribution >= 0.6 is 24.0 Å². The van der Waals surface area contributed by atoms with E-state index in [1.165, 1.54) is 30.2 Å². The predicted octanol–water partition coefficient (Wildman–Crippen LogP) is 5.75. The Morgan fingerprint density at radius 1 is 0.944 bits per heavy atom. The number of hydrogen-bond acceptors (Lipinski definition) is 5. The maximum absolute atomic E-state index is 13.6. The van der Waals surface area contributed by atoms with Crippen molar-refractivity contribution in [3.05, 3.63) is 81.0 Å². The van der Waals surface area contributed by atoms with Crippen molar-refractivity contribution in [2.75, 3.05) is 24.5 Å². The fourth-order valence-electron chi connectivity index (χ4n) is 5.18. The third kappa shape index (κ3) is 5.00. The van der Waals surface area contributed by atoms with Gasteiger partial charge in [-0.25, -0.2) is 0 Å². The first-order valence-electron chi connectivity index (χ1n) is 12.7. The number of benzene rings is 2. The number of nitrogens with zero attached hydrogens (tertiary/aromatic N) is 3. The average molecular weight is 518 g/mol. The van der Waals surface area contributed by atoms with Gasteiger partial charge in [-0.05, 0) is 43.4 Å². The van der Waals surface area contributed by atoms with E-state index in [0.717, 1.165) is 55.4 Å². The van der Waals surface area contributed by atoms with Gasteiger partial charge in [0.1, 0.15) is 4.32 Å². The van der Waals surface area contributed by atoms with Crippen molar-refractivity contribution < 1.29 is 4.79 Å². The summed E-state index contributed by atoms with van der Waals surface area (Å²) >= 11 is 6.89. The van der Waals surface area contributed by atoms with Crippen LogP contribution < -0.4 is 10.5 Å². The fourth-order valence-corrected chi connectivity index (χ4v) is 6.47. The first-order valence-corrected chi connectivity index (χ1v) is 13.9. The zero-order chi connectivity index (χ0) is 25.1. The van der Waals surface area contributed by atoms with Crippen molar-refractivity contribution >= 4 is 56.9 Å². The van der Waals surface area contributed by atoms with Gasteiger partial charge in [0, 0.05) is 32.1 Å². The SMILES string of the molecule is Cn1c(=O)c(C=C2SC(=S)N(CCCc3ccccc3)C2=O)c(N2CCCCCC2)c2ccccc21. The number of thiocarbonyl (C=S) groups is 1. The second-order valence-electron chi connectivity index (χ2n) is 9.47. The Balaban J connectivity index is 1.49. The van der Waals surface area contributed by atoms with Crippen molar-refractivity contribution in [3.63, 3.8) is 0 Å². The monoisotopic (exact) mass is 517 g/mol. The number of para-hydroxylation sites is 1. The maximum Gasteiger partial charge on any atom is 0.266 e. The molecule has 186 valence electrons. The van der Waals surface area contributed by atoms with Crippen molar-refractivity contribution in [1.82, 2.24) is 9.47 Å². The van der Waals surface area contributed by atoms with Crippen LogP contribution in [0.15, 0.2) is 64.3 Å². The van der Waals surface area contributed by atoms with Crippen LogP contribution in [0.2, 0.25) is 0 Å². The standard InChI is InChI=1S/C29H31N3O2S2/c1-30-24-16-8-7-15-22(24)26(31-17-9-2-3-10-18-31)23(27(30)33)20-25-28(34)32(29(35)36-25)19-11-14-21-12-5-4-6-13-21/h4-8,12-13,15-16,20H,2-3,9-11,14,17-19H2,1H3. The largest absolute Gasteiger partial charge is 0.370 e. The van der Waals surface area contributed by atoms with Crippen molar-refractivity contribution in [2.45, 2.75) is 38.5 Å². The van der Waals surface area contributed by atoms with Gasteiger partial charge in [0.2, 0.25) is 0 Å². The zero-order valence-corrected chi connectivity index (χ0v) is 22.2. The number of pyridine rings is 1. The van der Waals surface area contributed by atoms with E-state index in [0.29, 0.717) is 21.3 Å². The summed E-state index contributed by atoms with van der Waals surface area (Å²) in [7, 11) is 1.81. The van der Waals surface area contributed by atoms with Crippen LogP contribution in [0.3, 0.4) is 0 Å². The fraction of sp³-hybridized carbons (Fsp3) is 0.345. The van der Waals surface area contributed by atoms with E-state index < -0.39 is 0 Å². The summed E-state index contributed by atoms with van der Waals surface area (Å²) in [4.78, 5) is 31.6. The molecule has 0 spiro atoms. The third-order valence-electron chi connectivity index (χ3n) is 7.07. The molecule has 1 aromatic heterocycles. The van der Waals surface area contributed by atoms with E-state index in [2.05, 4.69) is 23.1 Å². The molecule has 0 bridgehead atoms. The molecule has 3 aromatic rings. The van der Waals surface area contributed by atoms with E-state index in [4.69, 9.17) is 12.2 Å². The van der Waals surface area contributed by atoms with E-state index in [9.17, 15) is 9.59 Å². The Morgan fingerprint density at radius 3 is 2.39 bits per heavy atom. The molecule has 7 heteroatoms. The van der Waals surface area contributed by atoms with E-state index in [1.807, 2.05) is 43.4 Å². The van der Waals surface area contributed by atoms with Crippen LogP contribution in [0.25, 0.3) is 17.0 Å². The first kappa shape index (κ1) is 24.8. The van der Waals surface area contributed by atoms with E-state index in [-0.39, 0.29) is 11.5 Å². The summed E-state index contributed by atoms with van der Waals surface area (Å²) in [5, 5.41) is 1.05. The van der Waals surface area contributed by atoms with Gasteiger partial charge in [-0.15, -0.1) is 0 Å². The lowest BCUT2D eigenvalue weighted by Gasteiger charge is -2.27. The van der Waals surface area contributed by atoms with Gasteiger partial charge in [0.25, 0.3) is 11.5 Å². The number of carbonyl (C=O) groups excluding carboxylic acids is 1. The van der Waals surface area contributed by atoms with Crippen LogP contribution in [-0.4, -0.2) is 39.3 Å². The average Bonchev–Trinajstić information content (AvgIpc) is 3.06. The van der Waals surface area contributed by atoms with Crippen LogP contribution in [0.1, 0.15) is 43.2 Å². The minimum Gasteiger partial charge on any atom is -0.370 e. The Hall–Kier alpha value is -2.90. The summed E-state index contributed by atoms with van der Waals surface area (Å²) in [5.41, 5.74) is 3.61.